The number of rotatable bonds is 2. The van der Waals surface area contributed by atoms with Crippen LogP contribution in [-0.4, -0.2) is 47.9 Å². The zero-order chi connectivity index (χ0) is 14.8. The molecule has 1 saturated carbocycles. The van der Waals surface area contributed by atoms with E-state index in [1.807, 2.05) is 17.0 Å². The highest BCUT2D eigenvalue weighted by molar-refractivity contribution is 9.10. The van der Waals surface area contributed by atoms with Crippen LogP contribution in [-0.2, 0) is 0 Å². The third kappa shape index (κ3) is 3.43. The molecule has 1 amide bonds. The van der Waals surface area contributed by atoms with Crippen molar-refractivity contribution in [3.05, 3.63) is 33.3 Å². The summed E-state index contributed by atoms with van der Waals surface area (Å²) < 4.78 is 0.826. The summed E-state index contributed by atoms with van der Waals surface area (Å²) in [7, 11) is 0. The lowest BCUT2D eigenvalue weighted by atomic mass is 10.1. The van der Waals surface area contributed by atoms with E-state index in [-0.39, 0.29) is 5.91 Å². The number of hydrogen-bond donors (Lipinski definition) is 0. The lowest BCUT2D eigenvalue weighted by Crippen LogP contribution is -2.51. The first kappa shape index (κ1) is 15.3. The van der Waals surface area contributed by atoms with Gasteiger partial charge in [-0.15, -0.1) is 0 Å². The van der Waals surface area contributed by atoms with Crippen LogP contribution in [0.25, 0.3) is 0 Å². The average molecular weight is 372 g/mol. The minimum atomic E-state index is 0.0930. The standard InChI is InChI=1S/C16H20BrClN2O/c17-14-6-5-12(11-15(14)18)16(21)20-9-7-19(8-10-20)13-3-1-2-4-13/h5-6,11,13H,1-4,7-10H2. The molecule has 1 saturated heterocycles. The van der Waals surface area contributed by atoms with Crippen LogP contribution >= 0.6 is 27.5 Å². The lowest BCUT2D eigenvalue weighted by molar-refractivity contribution is 0.0573. The topological polar surface area (TPSA) is 23.6 Å². The zero-order valence-corrected chi connectivity index (χ0v) is 14.4. The Bertz CT molecular complexity index is 523. The highest BCUT2D eigenvalue weighted by atomic mass is 79.9. The Morgan fingerprint density at radius 3 is 2.43 bits per heavy atom. The third-order valence-corrected chi connectivity index (χ3v) is 5.84. The summed E-state index contributed by atoms with van der Waals surface area (Å²) in [5.74, 6) is 0.0930. The van der Waals surface area contributed by atoms with E-state index in [1.165, 1.54) is 25.7 Å². The van der Waals surface area contributed by atoms with Crippen molar-refractivity contribution in [1.29, 1.82) is 0 Å². The van der Waals surface area contributed by atoms with Crippen molar-refractivity contribution in [2.45, 2.75) is 31.7 Å². The molecule has 1 aromatic rings. The number of nitrogens with zero attached hydrogens (tertiary/aromatic N) is 2. The van der Waals surface area contributed by atoms with Crippen molar-refractivity contribution < 1.29 is 4.79 Å². The van der Waals surface area contributed by atoms with Crippen molar-refractivity contribution in [3.8, 4) is 0 Å². The van der Waals surface area contributed by atoms with Gasteiger partial charge in [-0.3, -0.25) is 9.69 Å². The van der Waals surface area contributed by atoms with Crippen LogP contribution in [0.1, 0.15) is 36.0 Å². The maximum absolute atomic E-state index is 12.5. The summed E-state index contributed by atoms with van der Waals surface area (Å²) in [6.07, 6.45) is 5.38. The molecule has 0 unspecified atom stereocenters. The molecule has 1 aromatic carbocycles. The average Bonchev–Trinajstić information content (AvgIpc) is 3.04. The normalized spacial score (nSPS) is 21.0. The highest BCUT2D eigenvalue weighted by Crippen LogP contribution is 2.26. The van der Waals surface area contributed by atoms with Crippen LogP contribution in [0.2, 0.25) is 5.02 Å². The van der Waals surface area contributed by atoms with E-state index in [4.69, 9.17) is 11.6 Å². The van der Waals surface area contributed by atoms with Gasteiger partial charge in [0.15, 0.2) is 0 Å². The molecular formula is C16H20BrClN2O. The van der Waals surface area contributed by atoms with Gasteiger partial charge in [0.2, 0.25) is 0 Å². The first-order valence-corrected chi connectivity index (χ1v) is 8.80. The smallest absolute Gasteiger partial charge is 0.253 e. The molecule has 1 aliphatic heterocycles. The fraction of sp³-hybridized carbons (Fsp3) is 0.562. The van der Waals surface area contributed by atoms with Gasteiger partial charge in [-0.25, -0.2) is 0 Å². The van der Waals surface area contributed by atoms with Crippen LogP contribution in [0.5, 0.6) is 0 Å². The summed E-state index contributed by atoms with van der Waals surface area (Å²) in [4.78, 5) is 17.0. The predicted molar refractivity (Wildman–Crippen MR) is 88.9 cm³/mol. The van der Waals surface area contributed by atoms with Gasteiger partial charge in [-0.2, -0.15) is 0 Å². The van der Waals surface area contributed by atoms with Crippen molar-refractivity contribution in [2.75, 3.05) is 26.2 Å². The van der Waals surface area contributed by atoms with Crippen LogP contribution in [0, 0.1) is 0 Å². The van der Waals surface area contributed by atoms with Crippen molar-refractivity contribution in [2.24, 2.45) is 0 Å². The summed E-state index contributed by atoms with van der Waals surface area (Å²) in [6, 6.07) is 6.17. The van der Waals surface area contributed by atoms with Gasteiger partial charge in [0, 0.05) is 42.3 Å². The maximum atomic E-state index is 12.5. The fourth-order valence-electron chi connectivity index (χ4n) is 3.37. The van der Waals surface area contributed by atoms with Gasteiger partial charge in [0.1, 0.15) is 0 Å². The van der Waals surface area contributed by atoms with E-state index in [0.29, 0.717) is 10.6 Å². The van der Waals surface area contributed by atoms with Gasteiger partial charge >= 0.3 is 0 Å². The molecular weight excluding hydrogens is 352 g/mol. The first-order chi connectivity index (χ1) is 10.1. The van der Waals surface area contributed by atoms with Crippen LogP contribution in [0.4, 0.5) is 0 Å². The Kier molecular flexibility index (Phi) is 4.87. The molecule has 0 aromatic heterocycles. The predicted octanol–water partition coefficient (Wildman–Crippen LogP) is 3.80. The zero-order valence-electron chi connectivity index (χ0n) is 12.0. The maximum Gasteiger partial charge on any atom is 0.253 e. The Balaban J connectivity index is 1.60. The molecule has 0 radical (unpaired) electrons. The quantitative estimate of drug-likeness (QED) is 0.789. The second-order valence-electron chi connectivity index (χ2n) is 5.90. The van der Waals surface area contributed by atoms with Crippen LogP contribution < -0.4 is 0 Å². The molecule has 0 bridgehead atoms. The monoisotopic (exact) mass is 370 g/mol. The van der Waals surface area contributed by atoms with Gasteiger partial charge in [-0.05, 0) is 47.0 Å². The van der Waals surface area contributed by atoms with Crippen molar-refractivity contribution >= 4 is 33.4 Å². The molecule has 2 fully saturated rings. The second kappa shape index (κ2) is 6.67. The molecule has 0 atom stereocenters. The third-order valence-electron chi connectivity index (χ3n) is 4.61. The minimum absolute atomic E-state index is 0.0930. The molecule has 114 valence electrons. The molecule has 2 aliphatic rings. The molecule has 0 spiro atoms. The molecule has 21 heavy (non-hydrogen) atoms. The number of amides is 1. The number of halogens is 2. The molecule has 3 rings (SSSR count). The Morgan fingerprint density at radius 1 is 1.14 bits per heavy atom. The van der Waals surface area contributed by atoms with E-state index in [0.717, 1.165) is 36.7 Å². The number of benzene rings is 1. The first-order valence-electron chi connectivity index (χ1n) is 7.63. The number of hydrogen-bond acceptors (Lipinski definition) is 2. The van der Waals surface area contributed by atoms with Crippen molar-refractivity contribution in [1.82, 2.24) is 9.80 Å². The van der Waals surface area contributed by atoms with Gasteiger partial charge in [0.25, 0.3) is 5.91 Å². The Morgan fingerprint density at radius 2 is 1.81 bits per heavy atom. The Hall–Kier alpha value is -0.580. The van der Waals surface area contributed by atoms with Crippen molar-refractivity contribution in [3.63, 3.8) is 0 Å². The number of piperazine rings is 1. The number of carbonyl (C=O) groups excluding carboxylic acids is 1. The van der Waals surface area contributed by atoms with Crippen LogP contribution in [0.15, 0.2) is 22.7 Å². The van der Waals surface area contributed by atoms with Gasteiger partial charge < -0.3 is 4.90 Å². The lowest BCUT2D eigenvalue weighted by Gasteiger charge is -2.38. The van der Waals surface area contributed by atoms with E-state index >= 15 is 0 Å². The van der Waals surface area contributed by atoms with E-state index in [2.05, 4.69) is 20.8 Å². The van der Waals surface area contributed by atoms with E-state index < -0.39 is 0 Å². The fourth-order valence-corrected chi connectivity index (χ4v) is 3.80. The summed E-state index contributed by atoms with van der Waals surface area (Å²) in [5.41, 5.74) is 0.678. The molecule has 3 nitrogen and oxygen atoms in total. The van der Waals surface area contributed by atoms with E-state index in [9.17, 15) is 4.79 Å². The number of carbonyl (C=O) groups is 1. The summed E-state index contributed by atoms with van der Waals surface area (Å²) in [5, 5.41) is 0.588. The molecule has 1 aliphatic carbocycles. The molecule has 5 heteroatoms. The molecule has 0 N–H and O–H groups in total. The van der Waals surface area contributed by atoms with E-state index in [1.54, 1.807) is 6.07 Å². The SMILES string of the molecule is O=C(c1ccc(Br)c(Cl)c1)N1CCN(C2CCCC2)CC1. The van der Waals surface area contributed by atoms with Gasteiger partial charge in [-0.1, -0.05) is 24.4 Å². The largest absolute Gasteiger partial charge is 0.336 e. The van der Waals surface area contributed by atoms with Crippen LogP contribution in [0.3, 0.4) is 0 Å². The summed E-state index contributed by atoms with van der Waals surface area (Å²) >= 11 is 9.44. The Labute approximate surface area is 139 Å². The molecule has 1 heterocycles. The highest BCUT2D eigenvalue weighted by Gasteiger charge is 2.28. The van der Waals surface area contributed by atoms with Gasteiger partial charge in [0.05, 0.1) is 5.02 Å². The minimum Gasteiger partial charge on any atom is -0.336 e. The second-order valence-corrected chi connectivity index (χ2v) is 7.16. The summed E-state index contributed by atoms with van der Waals surface area (Å²) in [6.45, 7) is 3.65.